The van der Waals surface area contributed by atoms with Crippen LogP contribution in [-0.2, 0) is 34.3 Å². The number of rotatable bonds is 5. The van der Waals surface area contributed by atoms with Gasteiger partial charge in [0, 0.05) is 32.3 Å². The van der Waals surface area contributed by atoms with Gasteiger partial charge >= 0.3 is 0 Å². The fourth-order valence-electron chi connectivity index (χ4n) is 2.03. The highest BCUT2D eigenvalue weighted by Gasteiger charge is 2.11. The lowest BCUT2D eigenvalue weighted by atomic mass is 10.1. The number of hydrogen-bond donors (Lipinski definition) is 2. The average Bonchev–Trinajstić information content (AvgIpc) is 2.80. The smallest absolute Gasteiger partial charge is 0.221 e. The molecule has 0 unspecified atom stereocenters. The van der Waals surface area contributed by atoms with Gasteiger partial charge in [0.2, 0.25) is 5.91 Å². The summed E-state index contributed by atoms with van der Waals surface area (Å²) in [7, 11) is -3.08. The number of carbonyl (C=O) groups excluding carboxylic acids is 1. The molecule has 1 aromatic rings. The van der Waals surface area contributed by atoms with Gasteiger partial charge in [-0.25, -0.2) is 8.42 Å². The van der Waals surface area contributed by atoms with Gasteiger partial charge in [0.05, 0.1) is 5.75 Å². The second kappa shape index (κ2) is 5.71. The molecule has 5 nitrogen and oxygen atoms in total. The van der Waals surface area contributed by atoms with E-state index < -0.39 is 9.84 Å². The molecule has 1 aliphatic rings. The molecule has 0 radical (unpaired) electrons. The molecular weight excluding hydrogens is 264 g/mol. The predicted octanol–water partition coefficient (Wildman–Crippen LogP) is 0.341. The second-order valence-corrected chi connectivity index (χ2v) is 7.12. The van der Waals surface area contributed by atoms with E-state index in [0.717, 1.165) is 24.9 Å². The molecule has 0 atom stereocenters. The van der Waals surface area contributed by atoms with E-state index >= 15 is 0 Å². The fourth-order valence-corrected chi connectivity index (χ4v) is 2.58. The second-order valence-electron chi connectivity index (χ2n) is 4.86. The van der Waals surface area contributed by atoms with E-state index in [4.69, 9.17) is 0 Å². The van der Waals surface area contributed by atoms with Gasteiger partial charge in [0.15, 0.2) is 0 Å². The molecule has 6 heteroatoms. The van der Waals surface area contributed by atoms with Gasteiger partial charge in [0.25, 0.3) is 0 Å². The van der Waals surface area contributed by atoms with Crippen molar-refractivity contribution >= 4 is 15.7 Å². The van der Waals surface area contributed by atoms with Gasteiger partial charge in [-0.3, -0.25) is 4.79 Å². The number of carbonyl (C=O) groups is 1. The quantitative estimate of drug-likeness (QED) is 0.816. The average molecular weight is 282 g/mol. The van der Waals surface area contributed by atoms with Crippen molar-refractivity contribution in [3.8, 4) is 0 Å². The number of sulfone groups is 1. The minimum atomic E-state index is -3.08. The lowest BCUT2D eigenvalue weighted by molar-refractivity contribution is -0.120. The van der Waals surface area contributed by atoms with Gasteiger partial charge in [-0.2, -0.15) is 0 Å². The molecule has 104 valence electrons. The molecule has 2 N–H and O–H groups in total. The van der Waals surface area contributed by atoms with Crippen LogP contribution in [0.25, 0.3) is 0 Å². The maximum atomic E-state index is 11.5. The van der Waals surface area contributed by atoms with Crippen molar-refractivity contribution in [1.29, 1.82) is 0 Å². The Hall–Kier alpha value is -1.40. The van der Waals surface area contributed by atoms with E-state index in [1.54, 1.807) is 0 Å². The molecule has 1 heterocycles. The third kappa shape index (κ3) is 4.33. The lowest BCUT2D eigenvalue weighted by Crippen LogP contribution is -2.25. The minimum absolute atomic E-state index is 0.0192. The van der Waals surface area contributed by atoms with Crippen LogP contribution >= 0.6 is 0 Å². The molecule has 2 rings (SSSR count). The van der Waals surface area contributed by atoms with E-state index in [1.807, 2.05) is 6.07 Å². The standard InChI is InChI=1S/C13H18N2O3S/c1-19(17,18)5-4-13(16)15-7-10-2-3-11-8-14-9-12(11)6-10/h2-3,6,14H,4-5,7-9H2,1H3,(H,15,16). The molecule has 1 aliphatic heterocycles. The Morgan fingerprint density at radius 3 is 2.79 bits per heavy atom. The third-order valence-corrected chi connectivity index (χ3v) is 4.04. The molecule has 0 bridgehead atoms. The first kappa shape index (κ1) is 14.0. The van der Waals surface area contributed by atoms with Crippen LogP contribution in [-0.4, -0.2) is 26.3 Å². The SMILES string of the molecule is CS(=O)(=O)CCC(=O)NCc1ccc2c(c1)CNC2. The summed E-state index contributed by atoms with van der Waals surface area (Å²) in [6.07, 6.45) is 1.15. The normalized spacial score (nSPS) is 14.2. The van der Waals surface area contributed by atoms with E-state index in [1.165, 1.54) is 11.1 Å². The van der Waals surface area contributed by atoms with Gasteiger partial charge in [0.1, 0.15) is 9.84 Å². The first-order valence-corrected chi connectivity index (χ1v) is 8.26. The third-order valence-electron chi connectivity index (χ3n) is 3.09. The zero-order valence-electron chi connectivity index (χ0n) is 10.9. The summed E-state index contributed by atoms with van der Waals surface area (Å²) < 4.78 is 21.9. The number of nitrogens with one attached hydrogen (secondary N) is 2. The van der Waals surface area contributed by atoms with Crippen molar-refractivity contribution < 1.29 is 13.2 Å². The molecular formula is C13H18N2O3S. The maximum Gasteiger partial charge on any atom is 0.221 e. The Balaban J connectivity index is 1.84. The topological polar surface area (TPSA) is 75.3 Å². The summed E-state index contributed by atoms with van der Waals surface area (Å²) in [5.74, 6) is -0.337. The minimum Gasteiger partial charge on any atom is -0.352 e. The van der Waals surface area contributed by atoms with Gasteiger partial charge in [-0.15, -0.1) is 0 Å². The molecule has 19 heavy (non-hydrogen) atoms. The molecule has 0 aliphatic carbocycles. The summed E-state index contributed by atoms with van der Waals surface area (Å²) >= 11 is 0. The molecule has 1 aromatic carbocycles. The summed E-state index contributed by atoms with van der Waals surface area (Å²) in [6, 6.07) is 6.13. The molecule has 0 saturated heterocycles. The highest BCUT2D eigenvalue weighted by Crippen LogP contribution is 2.16. The Morgan fingerprint density at radius 2 is 2.05 bits per heavy atom. The van der Waals surface area contributed by atoms with Crippen LogP contribution in [0.5, 0.6) is 0 Å². The maximum absolute atomic E-state index is 11.5. The number of hydrogen-bond acceptors (Lipinski definition) is 4. The van der Waals surface area contributed by atoms with Gasteiger partial charge < -0.3 is 10.6 Å². The van der Waals surface area contributed by atoms with Crippen molar-refractivity contribution in [2.45, 2.75) is 26.1 Å². The Bertz CT molecular complexity index is 582. The van der Waals surface area contributed by atoms with E-state index in [0.29, 0.717) is 6.54 Å². The molecule has 0 saturated carbocycles. The van der Waals surface area contributed by atoms with E-state index in [9.17, 15) is 13.2 Å². The zero-order chi connectivity index (χ0) is 13.9. The summed E-state index contributed by atoms with van der Waals surface area (Å²) in [5.41, 5.74) is 3.60. The highest BCUT2D eigenvalue weighted by atomic mass is 32.2. The van der Waals surface area contributed by atoms with Crippen LogP contribution in [0.1, 0.15) is 23.1 Å². The van der Waals surface area contributed by atoms with Crippen LogP contribution in [0, 0.1) is 0 Å². The zero-order valence-corrected chi connectivity index (χ0v) is 11.7. The monoisotopic (exact) mass is 282 g/mol. The number of benzene rings is 1. The van der Waals surface area contributed by atoms with Crippen LogP contribution in [0.15, 0.2) is 18.2 Å². The molecule has 1 amide bonds. The Morgan fingerprint density at radius 1 is 1.32 bits per heavy atom. The first-order valence-electron chi connectivity index (χ1n) is 6.20. The van der Waals surface area contributed by atoms with Crippen molar-refractivity contribution in [3.63, 3.8) is 0 Å². The van der Waals surface area contributed by atoms with Crippen LogP contribution in [0.3, 0.4) is 0 Å². The van der Waals surface area contributed by atoms with Crippen molar-refractivity contribution in [2.75, 3.05) is 12.0 Å². The van der Waals surface area contributed by atoms with Crippen LogP contribution in [0.4, 0.5) is 0 Å². The van der Waals surface area contributed by atoms with Crippen LogP contribution < -0.4 is 10.6 Å². The number of amides is 1. The van der Waals surface area contributed by atoms with Gasteiger partial charge in [-0.05, 0) is 16.7 Å². The fraction of sp³-hybridized carbons (Fsp3) is 0.462. The highest BCUT2D eigenvalue weighted by molar-refractivity contribution is 7.90. The summed E-state index contributed by atoms with van der Waals surface area (Å²) in [5, 5.41) is 6.00. The molecule has 0 aromatic heterocycles. The van der Waals surface area contributed by atoms with Crippen LogP contribution in [0.2, 0.25) is 0 Å². The van der Waals surface area contributed by atoms with E-state index in [2.05, 4.69) is 22.8 Å². The lowest BCUT2D eigenvalue weighted by Gasteiger charge is -2.06. The van der Waals surface area contributed by atoms with Gasteiger partial charge in [-0.1, -0.05) is 18.2 Å². The van der Waals surface area contributed by atoms with E-state index in [-0.39, 0.29) is 18.1 Å². The molecule has 0 fully saturated rings. The number of fused-ring (bicyclic) bond motifs is 1. The summed E-state index contributed by atoms with van der Waals surface area (Å²) in [6.45, 7) is 2.21. The predicted molar refractivity (Wildman–Crippen MR) is 73.2 cm³/mol. The largest absolute Gasteiger partial charge is 0.352 e. The first-order chi connectivity index (χ1) is 8.94. The van der Waals surface area contributed by atoms with Crippen molar-refractivity contribution in [3.05, 3.63) is 34.9 Å². The van der Waals surface area contributed by atoms with Crippen molar-refractivity contribution in [2.24, 2.45) is 0 Å². The Kier molecular flexibility index (Phi) is 4.21. The summed E-state index contributed by atoms with van der Waals surface area (Å²) in [4.78, 5) is 11.5. The molecule has 0 spiro atoms. The Labute approximate surface area is 113 Å². The van der Waals surface area contributed by atoms with Crippen molar-refractivity contribution in [1.82, 2.24) is 10.6 Å².